The second-order valence-corrected chi connectivity index (χ2v) is 4.53. The molecule has 1 rings (SSSR count). The van der Waals surface area contributed by atoms with E-state index in [2.05, 4.69) is 5.32 Å². The maximum absolute atomic E-state index is 11.7. The Morgan fingerprint density at radius 1 is 1.45 bits per heavy atom. The van der Waals surface area contributed by atoms with E-state index in [-0.39, 0.29) is 6.61 Å². The van der Waals surface area contributed by atoms with Crippen LogP contribution >= 0.6 is 0 Å². The number of aliphatic hydroxyl groups excluding tert-OH is 1. The Kier molecular flexibility index (Phi) is 7.15. The molecule has 108 valence electrons. The molecule has 0 radical (unpaired) electrons. The Balaban J connectivity index is 2.43. The van der Waals surface area contributed by atoms with Crippen LogP contribution in [0.3, 0.4) is 0 Å². The molecule has 0 aliphatic heterocycles. The Morgan fingerprint density at radius 2 is 2.15 bits per heavy atom. The smallest absolute Gasteiger partial charge is 0.407 e. The molecule has 2 N–H and O–H groups in total. The first kappa shape index (κ1) is 16.0. The van der Waals surface area contributed by atoms with Crippen molar-refractivity contribution >= 4 is 6.09 Å². The molecule has 1 unspecified atom stereocenters. The maximum atomic E-state index is 11.7. The van der Waals surface area contributed by atoms with Gasteiger partial charge in [0.1, 0.15) is 6.61 Å². The highest BCUT2D eigenvalue weighted by atomic mass is 16.5. The maximum Gasteiger partial charge on any atom is 0.407 e. The summed E-state index contributed by atoms with van der Waals surface area (Å²) in [6, 6.07) is 10.5. The summed E-state index contributed by atoms with van der Waals surface area (Å²) in [5.41, 5.74) is 0.883. The summed E-state index contributed by atoms with van der Waals surface area (Å²) >= 11 is 0. The molecule has 0 heterocycles. The van der Waals surface area contributed by atoms with Gasteiger partial charge in [0, 0.05) is 0 Å². The van der Waals surface area contributed by atoms with Gasteiger partial charge < -0.3 is 15.2 Å². The van der Waals surface area contributed by atoms with Crippen LogP contribution in [0, 0.1) is 11.3 Å². The van der Waals surface area contributed by atoms with Crippen molar-refractivity contribution in [3.63, 3.8) is 0 Å². The van der Waals surface area contributed by atoms with E-state index in [1.807, 2.05) is 37.3 Å². The van der Waals surface area contributed by atoms with E-state index in [0.29, 0.717) is 6.42 Å². The molecule has 0 bridgehead atoms. The lowest BCUT2D eigenvalue weighted by atomic mass is 10.1. The van der Waals surface area contributed by atoms with Crippen LogP contribution in [-0.2, 0) is 11.3 Å². The van der Waals surface area contributed by atoms with Gasteiger partial charge in [-0.25, -0.2) is 4.79 Å². The Bertz CT molecular complexity index is 442. The van der Waals surface area contributed by atoms with E-state index in [1.54, 1.807) is 6.07 Å². The van der Waals surface area contributed by atoms with Crippen molar-refractivity contribution in [1.82, 2.24) is 5.32 Å². The number of carbonyl (C=O) groups is 1. The quantitative estimate of drug-likeness (QED) is 0.749. The molecule has 5 nitrogen and oxygen atoms in total. The number of alkyl carbamates (subject to hydrolysis) is 1. The van der Waals surface area contributed by atoms with Gasteiger partial charge in [0.05, 0.1) is 12.1 Å². The second-order valence-electron chi connectivity index (χ2n) is 4.53. The van der Waals surface area contributed by atoms with Crippen LogP contribution < -0.4 is 5.32 Å². The normalized spacial score (nSPS) is 13.1. The summed E-state index contributed by atoms with van der Waals surface area (Å²) in [7, 11) is 0. The molecule has 2 atom stereocenters. The average molecular weight is 276 g/mol. The molecule has 0 saturated carbocycles. The number of ether oxygens (including phenoxy) is 1. The number of unbranched alkanes of at least 4 members (excludes halogenated alkanes) is 1. The SMILES string of the molecule is CCCC[C@H](NC(=O)OCc1ccccc1)C(O)C#N. The fourth-order valence-electron chi connectivity index (χ4n) is 1.74. The third-order valence-electron chi connectivity index (χ3n) is 2.90. The zero-order valence-electron chi connectivity index (χ0n) is 11.6. The average Bonchev–Trinajstić information content (AvgIpc) is 2.49. The number of nitrogens with one attached hydrogen (secondary N) is 1. The van der Waals surface area contributed by atoms with Gasteiger partial charge in [-0.15, -0.1) is 0 Å². The van der Waals surface area contributed by atoms with Crippen molar-refractivity contribution in [3.8, 4) is 6.07 Å². The van der Waals surface area contributed by atoms with Crippen molar-refractivity contribution in [2.75, 3.05) is 0 Å². The van der Waals surface area contributed by atoms with Crippen molar-refractivity contribution in [2.45, 2.75) is 44.9 Å². The Hall–Kier alpha value is -2.06. The molecule has 0 aliphatic carbocycles. The number of hydrogen-bond donors (Lipinski definition) is 2. The number of benzene rings is 1. The van der Waals surface area contributed by atoms with Gasteiger partial charge in [-0.05, 0) is 12.0 Å². The fourth-order valence-corrected chi connectivity index (χ4v) is 1.74. The van der Waals surface area contributed by atoms with E-state index < -0.39 is 18.2 Å². The molecule has 1 amide bonds. The van der Waals surface area contributed by atoms with Crippen LogP contribution in [0.15, 0.2) is 30.3 Å². The third-order valence-corrected chi connectivity index (χ3v) is 2.90. The molecule has 0 aromatic heterocycles. The molecule has 5 heteroatoms. The number of carbonyl (C=O) groups excluding carboxylic acids is 1. The second kappa shape index (κ2) is 8.94. The summed E-state index contributed by atoms with van der Waals surface area (Å²) in [4.78, 5) is 11.7. The van der Waals surface area contributed by atoms with E-state index in [4.69, 9.17) is 10.00 Å². The standard InChI is InChI=1S/C15H20N2O3/c1-2-3-9-13(14(18)10-16)17-15(19)20-11-12-7-5-4-6-8-12/h4-8,13-14,18H,2-3,9,11H2,1H3,(H,17,19)/t13-,14?/m0/s1. The van der Waals surface area contributed by atoms with Crippen LogP contribution in [-0.4, -0.2) is 23.3 Å². The Labute approximate surface area is 119 Å². The van der Waals surface area contributed by atoms with E-state index >= 15 is 0 Å². The number of aliphatic hydroxyl groups is 1. The summed E-state index contributed by atoms with van der Waals surface area (Å²) in [5, 5.41) is 20.8. The van der Waals surface area contributed by atoms with Gasteiger partial charge >= 0.3 is 6.09 Å². The van der Waals surface area contributed by atoms with E-state index in [0.717, 1.165) is 18.4 Å². The third kappa shape index (κ3) is 5.72. The van der Waals surface area contributed by atoms with Crippen molar-refractivity contribution < 1.29 is 14.6 Å². The van der Waals surface area contributed by atoms with Gasteiger partial charge in [0.2, 0.25) is 0 Å². The van der Waals surface area contributed by atoms with E-state index in [1.165, 1.54) is 0 Å². The monoisotopic (exact) mass is 276 g/mol. The van der Waals surface area contributed by atoms with Gasteiger partial charge in [0.25, 0.3) is 0 Å². The highest BCUT2D eigenvalue weighted by Gasteiger charge is 2.20. The molecule has 0 spiro atoms. The summed E-state index contributed by atoms with van der Waals surface area (Å²) in [6.07, 6.45) is 0.457. The summed E-state index contributed by atoms with van der Waals surface area (Å²) in [6.45, 7) is 2.17. The van der Waals surface area contributed by atoms with Crippen LogP contribution in [0.25, 0.3) is 0 Å². The lowest BCUT2D eigenvalue weighted by Gasteiger charge is -2.19. The summed E-state index contributed by atoms with van der Waals surface area (Å²) < 4.78 is 5.06. The molecule has 0 saturated heterocycles. The predicted molar refractivity (Wildman–Crippen MR) is 74.7 cm³/mol. The van der Waals surface area contributed by atoms with Crippen molar-refractivity contribution in [1.29, 1.82) is 5.26 Å². The molecular weight excluding hydrogens is 256 g/mol. The van der Waals surface area contributed by atoms with Crippen molar-refractivity contribution in [3.05, 3.63) is 35.9 Å². The van der Waals surface area contributed by atoms with E-state index in [9.17, 15) is 9.90 Å². The van der Waals surface area contributed by atoms with Crippen LogP contribution in [0.4, 0.5) is 4.79 Å². The van der Waals surface area contributed by atoms with Gasteiger partial charge in [0.15, 0.2) is 6.10 Å². The molecule has 1 aromatic rings. The lowest BCUT2D eigenvalue weighted by molar-refractivity contribution is 0.117. The number of amides is 1. The molecule has 20 heavy (non-hydrogen) atoms. The van der Waals surface area contributed by atoms with Crippen molar-refractivity contribution in [2.24, 2.45) is 0 Å². The first-order chi connectivity index (χ1) is 9.67. The molecular formula is C15H20N2O3. The first-order valence-corrected chi connectivity index (χ1v) is 6.72. The zero-order chi connectivity index (χ0) is 14.8. The minimum absolute atomic E-state index is 0.163. The first-order valence-electron chi connectivity index (χ1n) is 6.72. The number of nitriles is 1. The fraction of sp³-hybridized carbons (Fsp3) is 0.467. The number of nitrogens with zero attached hydrogens (tertiary/aromatic N) is 1. The van der Waals surface area contributed by atoms with Crippen LogP contribution in [0.5, 0.6) is 0 Å². The Morgan fingerprint density at radius 3 is 2.75 bits per heavy atom. The largest absolute Gasteiger partial charge is 0.445 e. The lowest BCUT2D eigenvalue weighted by Crippen LogP contribution is -2.42. The number of rotatable bonds is 7. The van der Waals surface area contributed by atoms with Gasteiger partial charge in [-0.1, -0.05) is 50.1 Å². The molecule has 1 aromatic carbocycles. The minimum Gasteiger partial charge on any atom is -0.445 e. The van der Waals surface area contributed by atoms with Gasteiger partial charge in [-0.2, -0.15) is 5.26 Å². The van der Waals surface area contributed by atoms with Crippen LogP contribution in [0.2, 0.25) is 0 Å². The highest BCUT2D eigenvalue weighted by Crippen LogP contribution is 2.06. The van der Waals surface area contributed by atoms with Crippen LogP contribution in [0.1, 0.15) is 31.7 Å². The molecule has 0 fully saturated rings. The summed E-state index contributed by atoms with van der Waals surface area (Å²) in [5.74, 6) is 0. The predicted octanol–water partition coefficient (Wildman–Crippen LogP) is 2.36. The van der Waals surface area contributed by atoms with Gasteiger partial charge in [-0.3, -0.25) is 0 Å². The molecule has 0 aliphatic rings. The zero-order valence-corrected chi connectivity index (χ0v) is 11.6. The highest BCUT2D eigenvalue weighted by molar-refractivity contribution is 5.67. The number of hydrogen-bond acceptors (Lipinski definition) is 4. The topological polar surface area (TPSA) is 82.3 Å². The minimum atomic E-state index is -1.22.